The average molecular weight is 432 g/mol. The summed E-state index contributed by atoms with van der Waals surface area (Å²) in [5.41, 5.74) is 0.777. The van der Waals surface area contributed by atoms with Crippen molar-refractivity contribution in [3.63, 3.8) is 0 Å². The first-order valence-electron chi connectivity index (χ1n) is 9.49. The summed E-state index contributed by atoms with van der Waals surface area (Å²) in [6.45, 7) is 7.25. The van der Waals surface area contributed by atoms with Gasteiger partial charge in [-0.05, 0) is 31.7 Å². The molecule has 3 aromatic rings. The lowest BCUT2D eigenvalue weighted by Gasteiger charge is -2.11. The minimum Gasteiger partial charge on any atom is -0.367 e. The molecule has 0 atom stereocenters. The average Bonchev–Trinajstić information content (AvgIpc) is 3.10. The van der Waals surface area contributed by atoms with Crippen molar-refractivity contribution in [1.82, 2.24) is 30.0 Å². The molecule has 0 aliphatic heterocycles. The maximum atomic E-state index is 12.1. The molecule has 0 saturated heterocycles. The highest BCUT2D eigenvalue weighted by molar-refractivity contribution is 8.00. The number of amides is 1. The van der Waals surface area contributed by atoms with Crippen LogP contribution in [0.3, 0.4) is 0 Å². The van der Waals surface area contributed by atoms with E-state index < -0.39 is 0 Å². The van der Waals surface area contributed by atoms with Crippen molar-refractivity contribution >= 4 is 46.3 Å². The molecule has 0 aliphatic rings. The number of pyridine rings is 1. The zero-order valence-electron chi connectivity index (χ0n) is 16.8. The van der Waals surface area contributed by atoms with E-state index in [1.165, 1.54) is 11.8 Å². The first-order valence-corrected chi connectivity index (χ1v) is 11.5. The van der Waals surface area contributed by atoms with Crippen LogP contribution in [-0.4, -0.2) is 54.7 Å². The molecule has 2 N–H and O–H groups in total. The highest BCUT2D eigenvalue weighted by atomic mass is 32.2. The summed E-state index contributed by atoms with van der Waals surface area (Å²) in [6.07, 6.45) is 5.22. The van der Waals surface area contributed by atoms with Gasteiger partial charge in [-0.25, -0.2) is 14.6 Å². The number of aromatic nitrogens is 5. The molecule has 0 fully saturated rings. The van der Waals surface area contributed by atoms with Gasteiger partial charge in [0.15, 0.2) is 10.8 Å². The van der Waals surface area contributed by atoms with Gasteiger partial charge in [0.05, 0.1) is 23.9 Å². The maximum Gasteiger partial charge on any atom is 0.230 e. The summed E-state index contributed by atoms with van der Waals surface area (Å²) in [7, 11) is 0. The van der Waals surface area contributed by atoms with Crippen LogP contribution >= 0.6 is 23.5 Å². The Hall–Kier alpha value is -2.33. The fourth-order valence-electron chi connectivity index (χ4n) is 2.61. The third kappa shape index (κ3) is 6.07. The van der Waals surface area contributed by atoms with Gasteiger partial charge in [0.25, 0.3) is 0 Å². The number of hydrogen-bond acceptors (Lipinski definition) is 8. The zero-order valence-corrected chi connectivity index (χ0v) is 18.4. The number of carbonyl (C=O) groups is 1. The number of fused-ring (bicyclic) bond motifs is 1. The molecule has 0 saturated carbocycles. The second-order valence-corrected chi connectivity index (χ2v) is 8.79. The normalized spacial score (nSPS) is 11.2. The monoisotopic (exact) mass is 431 g/mol. The van der Waals surface area contributed by atoms with E-state index in [0.29, 0.717) is 18.8 Å². The van der Waals surface area contributed by atoms with E-state index in [0.717, 1.165) is 32.7 Å². The number of carbonyl (C=O) groups excluding carboxylic acids is 1. The van der Waals surface area contributed by atoms with E-state index >= 15 is 0 Å². The van der Waals surface area contributed by atoms with E-state index in [1.54, 1.807) is 30.4 Å². The molecular weight excluding hydrogens is 406 g/mol. The lowest BCUT2D eigenvalue weighted by molar-refractivity contribution is -0.118. The zero-order chi connectivity index (χ0) is 20.6. The van der Waals surface area contributed by atoms with Crippen LogP contribution in [0.4, 0.5) is 5.82 Å². The molecule has 0 radical (unpaired) electrons. The molecule has 0 aliphatic carbocycles. The summed E-state index contributed by atoms with van der Waals surface area (Å²) >= 11 is 3.08. The summed E-state index contributed by atoms with van der Waals surface area (Å²) < 4.78 is 1.82. The molecule has 3 aromatic heterocycles. The molecule has 0 unspecified atom stereocenters. The van der Waals surface area contributed by atoms with Crippen molar-refractivity contribution in [3.05, 3.63) is 30.7 Å². The second-order valence-electron chi connectivity index (χ2n) is 6.51. The van der Waals surface area contributed by atoms with Crippen molar-refractivity contribution < 1.29 is 4.79 Å². The van der Waals surface area contributed by atoms with Crippen molar-refractivity contribution in [3.8, 4) is 0 Å². The van der Waals surface area contributed by atoms with E-state index in [1.807, 2.05) is 16.8 Å². The van der Waals surface area contributed by atoms with E-state index in [4.69, 9.17) is 0 Å². The van der Waals surface area contributed by atoms with Gasteiger partial charge in [-0.2, -0.15) is 5.10 Å². The summed E-state index contributed by atoms with van der Waals surface area (Å²) in [5.74, 6) is 2.05. The Labute approximate surface area is 178 Å². The van der Waals surface area contributed by atoms with Crippen LogP contribution in [0.15, 0.2) is 40.8 Å². The molecule has 10 heteroatoms. The van der Waals surface area contributed by atoms with Crippen molar-refractivity contribution in [1.29, 1.82) is 0 Å². The molecule has 1 amide bonds. The van der Waals surface area contributed by atoms with Gasteiger partial charge in [0.2, 0.25) is 5.91 Å². The molecule has 3 rings (SSSR count). The fourth-order valence-corrected chi connectivity index (χ4v) is 3.89. The molecule has 0 aromatic carbocycles. The van der Waals surface area contributed by atoms with Crippen LogP contribution < -0.4 is 10.6 Å². The first kappa shape index (κ1) is 21.4. The molecule has 0 bridgehead atoms. The maximum absolute atomic E-state index is 12.1. The van der Waals surface area contributed by atoms with E-state index in [2.05, 4.69) is 51.5 Å². The fraction of sp³-hybridized carbons (Fsp3) is 0.421. The topological polar surface area (TPSA) is 97.6 Å². The minimum absolute atomic E-state index is 0.0118. The Bertz CT molecular complexity index is 946. The number of nitrogens with one attached hydrogen (secondary N) is 2. The van der Waals surface area contributed by atoms with Crippen LogP contribution in [0.2, 0.25) is 0 Å². The number of thioether (sulfide) groups is 2. The van der Waals surface area contributed by atoms with Gasteiger partial charge < -0.3 is 10.6 Å². The largest absolute Gasteiger partial charge is 0.367 e. The predicted octanol–water partition coefficient (Wildman–Crippen LogP) is 3.06. The lowest BCUT2D eigenvalue weighted by atomic mass is 10.3. The predicted molar refractivity (Wildman–Crippen MR) is 118 cm³/mol. The summed E-state index contributed by atoms with van der Waals surface area (Å²) in [4.78, 5) is 26.4. The van der Waals surface area contributed by atoms with Crippen molar-refractivity contribution in [2.75, 3.05) is 23.4 Å². The van der Waals surface area contributed by atoms with Gasteiger partial charge in [-0.15, -0.1) is 11.8 Å². The van der Waals surface area contributed by atoms with E-state index in [9.17, 15) is 4.79 Å². The van der Waals surface area contributed by atoms with Crippen LogP contribution in [0.5, 0.6) is 0 Å². The Morgan fingerprint density at radius 1 is 1.21 bits per heavy atom. The van der Waals surface area contributed by atoms with Crippen molar-refractivity contribution in [2.45, 2.75) is 43.4 Å². The second kappa shape index (κ2) is 10.4. The van der Waals surface area contributed by atoms with Gasteiger partial charge in [0, 0.05) is 29.9 Å². The van der Waals surface area contributed by atoms with E-state index in [-0.39, 0.29) is 11.9 Å². The SMILES string of the molecule is CCSc1nc(NC(C)C)c2cnn(CCNC(=O)CSc3ccncc3)c2n1. The van der Waals surface area contributed by atoms with Gasteiger partial charge in [-0.3, -0.25) is 9.78 Å². The molecule has 0 spiro atoms. The summed E-state index contributed by atoms with van der Waals surface area (Å²) in [5, 5.41) is 12.4. The third-order valence-corrected chi connectivity index (χ3v) is 5.58. The third-order valence-electron chi connectivity index (χ3n) is 3.84. The minimum atomic E-state index is -0.0118. The quantitative estimate of drug-likeness (QED) is 0.373. The van der Waals surface area contributed by atoms with Gasteiger partial charge in [-0.1, -0.05) is 18.7 Å². The number of rotatable bonds is 10. The Balaban J connectivity index is 1.62. The Morgan fingerprint density at radius 2 is 2.00 bits per heavy atom. The molecular formula is C19H25N7OS2. The Morgan fingerprint density at radius 3 is 2.72 bits per heavy atom. The molecule has 8 nitrogen and oxygen atoms in total. The molecule has 154 valence electrons. The number of anilines is 1. The highest BCUT2D eigenvalue weighted by Crippen LogP contribution is 2.24. The van der Waals surface area contributed by atoms with Crippen LogP contribution in [0, 0.1) is 0 Å². The molecule has 3 heterocycles. The first-order chi connectivity index (χ1) is 14.1. The Kier molecular flexibility index (Phi) is 7.70. The summed E-state index contributed by atoms with van der Waals surface area (Å²) in [6, 6.07) is 4.04. The number of nitrogens with zero attached hydrogens (tertiary/aromatic N) is 5. The lowest BCUT2D eigenvalue weighted by Crippen LogP contribution is -2.29. The standard InChI is InChI=1S/C19H25N7OS2/c1-4-28-19-24-17(23-13(2)3)15-11-22-26(18(15)25-19)10-9-21-16(27)12-29-14-5-7-20-8-6-14/h5-8,11,13H,4,9-10,12H2,1-3H3,(H,21,27)(H,23,24,25). The van der Waals surface area contributed by atoms with Crippen LogP contribution in [-0.2, 0) is 11.3 Å². The van der Waals surface area contributed by atoms with Gasteiger partial charge >= 0.3 is 0 Å². The number of hydrogen-bond donors (Lipinski definition) is 2. The van der Waals surface area contributed by atoms with Crippen LogP contribution in [0.25, 0.3) is 11.0 Å². The van der Waals surface area contributed by atoms with Gasteiger partial charge in [0.1, 0.15) is 5.82 Å². The van der Waals surface area contributed by atoms with Crippen LogP contribution in [0.1, 0.15) is 20.8 Å². The highest BCUT2D eigenvalue weighted by Gasteiger charge is 2.14. The van der Waals surface area contributed by atoms with Crippen molar-refractivity contribution in [2.24, 2.45) is 0 Å². The smallest absolute Gasteiger partial charge is 0.230 e. The molecule has 29 heavy (non-hydrogen) atoms.